The summed E-state index contributed by atoms with van der Waals surface area (Å²) < 4.78 is 6.72. The lowest BCUT2D eigenvalue weighted by molar-refractivity contribution is -0.115. The van der Waals surface area contributed by atoms with Gasteiger partial charge in [-0.1, -0.05) is 42.3 Å². The van der Waals surface area contributed by atoms with Gasteiger partial charge >= 0.3 is 5.69 Å². The number of likely N-dealkylation sites (N-methyl/N-ethyl adjacent to an activating group) is 1. The first kappa shape index (κ1) is 24.8. The van der Waals surface area contributed by atoms with Gasteiger partial charge in [0.1, 0.15) is 11.8 Å². The van der Waals surface area contributed by atoms with Crippen LogP contribution in [0.15, 0.2) is 46.0 Å². The van der Waals surface area contributed by atoms with Gasteiger partial charge in [-0.3, -0.25) is 14.6 Å². The van der Waals surface area contributed by atoms with Crippen LogP contribution in [0, 0.1) is 18.3 Å². The molecule has 0 radical (unpaired) electrons. The Bertz CT molecular complexity index is 1440. The minimum Gasteiger partial charge on any atom is -0.454 e. The maximum Gasteiger partial charge on any atom is 0.349 e. The average Bonchev–Trinajstić information content (AvgIpc) is 2.80. The van der Waals surface area contributed by atoms with Crippen LogP contribution in [-0.2, 0) is 4.79 Å². The zero-order valence-corrected chi connectivity index (χ0v) is 19.9. The molecule has 0 saturated carbocycles. The number of carbonyl (C=O) groups is 1. The normalized spacial score (nSPS) is 11.1. The average molecular weight is 500 g/mol. The van der Waals surface area contributed by atoms with Gasteiger partial charge < -0.3 is 10.1 Å². The minimum atomic E-state index is -0.899. The van der Waals surface area contributed by atoms with Gasteiger partial charge in [-0.25, -0.2) is 4.79 Å². The van der Waals surface area contributed by atoms with E-state index in [1.54, 1.807) is 31.3 Å². The van der Waals surface area contributed by atoms with Gasteiger partial charge in [0.05, 0.1) is 15.7 Å². The Labute approximate surface area is 204 Å². The SMILES string of the molecule is CC/C=C(/C(=O)NC)c1cc(Oc2c(Cl)cc(-n3nc(C#N)c(=O)[nH]c3=O)cc2Cl)ccc1C. The van der Waals surface area contributed by atoms with E-state index in [0.717, 1.165) is 10.2 Å². The third-order valence-electron chi connectivity index (χ3n) is 4.76. The molecular formula is C23H19Cl2N5O4. The molecule has 11 heteroatoms. The van der Waals surface area contributed by atoms with Crippen LogP contribution in [-0.4, -0.2) is 27.7 Å². The highest BCUT2D eigenvalue weighted by Gasteiger charge is 2.17. The van der Waals surface area contributed by atoms with Crippen LogP contribution in [0.5, 0.6) is 11.5 Å². The van der Waals surface area contributed by atoms with Crippen molar-refractivity contribution in [2.75, 3.05) is 7.05 Å². The molecule has 0 saturated heterocycles. The molecule has 1 aromatic heterocycles. The number of aromatic nitrogens is 3. The number of hydrogen-bond donors (Lipinski definition) is 2. The number of rotatable bonds is 6. The Morgan fingerprint density at radius 3 is 2.53 bits per heavy atom. The summed E-state index contributed by atoms with van der Waals surface area (Å²) in [5.41, 5.74) is -0.0569. The Morgan fingerprint density at radius 2 is 1.94 bits per heavy atom. The van der Waals surface area contributed by atoms with Crippen LogP contribution in [0.1, 0.15) is 30.2 Å². The van der Waals surface area contributed by atoms with E-state index in [2.05, 4.69) is 10.4 Å². The summed E-state index contributed by atoms with van der Waals surface area (Å²) in [6.07, 6.45) is 2.49. The zero-order chi connectivity index (χ0) is 25.0. The van der Waals surface area contributed by atoms with Crippen LogP contribution < -0.4 is 21.3 Å². The molecule has 0 aliphatic carbocycles. The molecule has 3 aromatic rings. The molecule has 174 valence electrons. The molecule has 0 aliphatic heterocycles. The number of H-pyrrole nitrogens is 1. The molecule has 0 unspecified atom stereocenters. The molecule has 0 atom stereocenters. The first-order valence-corrected chi connectivity index (χ1v) is 10.8. The zero-order valence-electron chi connectivity index (χ0n) is 18.4. The summed E-state index contributed by atoms with van der Waals surface area (Å²) in [6, 6.07) is 9.55. The van der Waals surface area contributed by atoms with Crippen molar-refractivity contribution in [1.82, 2.24) is 20.1 Å². The Kier molecular flexibility index (Phi) is 7.56. The maximum absolute atomic E-state index is 12.4. The van der Waals surface area contributed by atoms with Crippen molar-refractivity contribution in [2.45, 2.75) is 20.3 Å². The summed E-state index contributed by atoms with van der Waals surface area (Å²) in [4.78, 5) is 38.1. The molecular weight excluding hydrogens is 481 g/mol. The molecule has 1 amide bonds. The van der Waals surface area contributed by atoms with Crippen LogP contribution in [0.3, 0.4) is 0 Å². The standard InChI is InChI=1S/C23H19Cl2N5O4/c1-4-5-15(21(31)27-3)16-10-14(7-6-12(16)2)34-20-17(24)8-13(9-18(20)25)30-23(33)28-22(32)19(11-26)29-30/h5-10H,4H2,1-3H3,(H,27,31)(H,28,32,33)/b15-5+. The number of halogens is 2. The number of aromatic amines is 1. The highest BCUT2D eigenvalue weighted by Crippen LogP contribution is 2.39. The maximum atomic E-state index is 12.4. The topological polar surface area (TPSA) is 130 Å². The summed E-state index contributed by atoms with van der Waals surface area (Å²) in [6.45, 7) is 3.81. The third-order valence-corrected chi connectivity index (χ3v) is 5.32. The minimum absolute atomic E-state index is 0.0543. The van der Waals surface area contributed by atoms with E-state index in [-0.39, 0.29) is 27.4 Å². The van der Waals surface area contributed by atoms with Crippen molar-refractivity contribution in [3.63, 3.8) is 0 Å². The number of amides is 1. The van der Waals surface area contributed by atoms with Gasteiger partial charge in [0.15, 0.2) is 5.75 Å². The van der Waals surface area contributed by atoms with E-state index in [9.17, 15) is 14.4 Å². The highest BCUT2D eigenvalue weighted by atomic mass is 35.5. The first-order valence-electron chi connectivity index (χ1n) is 10.0. The number of aryl methyl sites for hydroxylation is 1. The van der Waals surface area contributed by atoms with Crippen molar-refractivity contribution < 1.29 is 9.53 Å². The molecule has 3 rings (SSSR count). The predicted octanol–water partition coefficient (Wildman–Crippen LogP) is 3.74. The third kappa shape index (κ3) is 5.03. The van der Waals surface area contributed by atoms with E-state index >= 15 is 0 Å². The van der Waals surface area contributed by atoms with Gasteiger partial charge in [0.25, 0.3) is 11.5 Å². The summed E-state index contributed by atoms with van der Waals surface area (Å²) >= 11 is 12.8. The summed E-state index contributed by atoms with van der Waals surface area (Å²) in [7, 11) is 1.56. The lowest BCUT2D eigenvalue weighted by Gasteiger charge is -2.15. The molecule has 34 heavy (non-hydrogen) atoms. The molecule has 0 bridgehead atoms. The Hall–Kier alpha value is -3.87. The van der Waals surface area contributed by atoms with Gasteiger partial charge in [-0.15, -0.1) is 5.10 Å². The van der Waals surface area contributed by atoms with E-state index < -0.39 is 16.9 Å². The van der Waals surface area contributed by atoms with Crippen LogP contribution in [0.4, 0.5) is 0 Å². The molecule has 2 N–H and O–H groups in total. The Morgan fingerprint density at radius 1 is 1.26 bits per heavy atom. The van der Waals surface area contributed by atoms with E-state index in [1.807, 2.05) is 24.9 Å². The highest BCUT2D eigenvalue weighted by molar-refractivity contribution is 6.37. The Balaban J connectivity index is 2.04. The van der Waals surface area contributed by atoms with Crippen molar-refractivity contribution in [3.05, 3.63) is 84.1 Å². The first-order chi connectivity index (χ1) is 16.2. The molecule has 0 spiro atoms. The number of nitrogens with one attached hydrogen (secondary N) is 2. The van der Waals surface area contributed by atoms with E-state index in [4.69, 9.17) is 33.2 Å². The van der Waals surface area contributed by atoms with Gasteiger partial charge in [0, 0.05) is 12.6 Å². The largest absolute Gasteiger partial charge is 0.454 e. The smallest absolute Gasteiger partial charge is 0.349 e. The lowest BCUT2D eigenvalue weighted by Crippen LogP contribution is -2.33. The number of allylic oxidation sites excluding steroid dienone is 1. The summed E-state index contributed by atoms with van der Waals surface area (Å²) in [5, 5.41) is 15.5. The fourth-order valence-corrected chi connectivity index (χ4v) is 3.70. The molecule has 2 aromatic carbocycles. The van der Waals surface area contributed by atoms with Crippen molar-refractivity contribution >= 4 is 34.7 Å². The van der Waals surface area contributed by atoms with Gasteiger partial charge in [-0.05, 0) is 48.7 Å². The van der Waals surface area contributed by atoms with Crippen LogP contribution >= 0.6 is 23.2 Å². The predicted molar refractivity (Wildman–Crippen MR) is 129 cm³/mol. The van der Waals surface area contributed by atoms with Crippen molar-refractivity contribution in [3.8, 4) is 23.3 Å². The van der Waals surface area contributed by atoms with Gasteiger partial charge in [-0.2, -0.15) is 9.94 Å². The van der Waals surface area contributed by atoms with E-state index in [1.165, 1.54) is 12.1 Å². The monoisotopic (exact) mass is 499 g/mol. The second kappa shape index (κ2) is 10.4. The number of carbonyl (C=O) groups excluding carboxylic acids is 1. The second-order valence-corrected chi connectivity index (χ2v) is 7.87. The number of nitrogens with zero attached hydrogens (tertiary/aromatic N) is 3. The summed E-state index contributed by atoms with van der Waals surface area (Å²) in [5.74, 6) is 0.271. The van der Waals surface area contributed by atoms with Crippen molar-refractivity contribution in [2.24, 2.45) is 0 Å². The number of hydrogen-bond acceptors (Lipinski definition) is 6. The van der Waals surface area contributed by atoms with Crippen molar-refractivity contribution in [1.29, 1.82) is 5.26 Å². The molecule has 0 fully saturated rings. The quantitative estimate of drug-likeness (QED) is 0.496. The molecule has 9 nitrogen and oxygen atoms in total. The molecule has 0 aliphatic rings. The number of nitriles is 1. The van der Waals surface area contributed by atoms with Crippen LogP contribution in [0.25, 0.3) is 11.3 Å². The number of benzene rings is 2. The second-order valence-electron chi connectivity index (χ2n) is 7.05. The fraction of sp³-hybridized carbons (Fsp3) is 0.174. The van der Waals surface area contributed by atoms with E-state index in [0.29, 0.717) is 23.3 Å². The van der Waals surface area contributed by atoms with Crippen LogP contribution in [0.2, 0.25) is 10.0 Å². The molecule has 1 heterocycles. The number of ether oxygens (including phenoxy) is 1. The van der Waals surface area contributed by atoms with Gasteiger partial charge in [0.2, 0.25) is 5.69 Å². The fourth-order valence-electron chi connectivity index (χ4n) is 3.15. The lowest BCUT2D eigenvalue weighted by atomic mass is 9.98.